The Morgan fingerprint density at radius 3 is 2.67 bits per heavy atom. The Labute approximate surface area is 96.6 Å². The van der Waals surface area contributed by atoms with Gasteiger partial charge in [-0.1, -0.05) is 52.0 Å². The number of nitrogens with zero attached hydrogens (tertiary/aromatic N) is 1. The molecule has 88 valence electrons. The molecule has 0 aromatic carbocycles. The Morgan fingerprint density at radius 1 is 1.40 bits per heavy atom. The second-order valence-electron chi connectivity index (χ2n) is 3.26. The van der Waals surface area contributed by atoms with E-state index in [2.05, 4.69) is 19.9 Å². The van der Waals surface area contributed by atoms with Gasteiger partial charge in [-0.3, -0.25) is 0 Å². The Bertz CT molecular complexity index is 236. The van der Waals surface area contributed by atoms with E-state index in [9.17, 15) is 4.21 Å². The van der Waals surface area contributed by atoms with E-state index in [0.29, 0.717) is 11.7 Å². The molecule has 0 aromatic heterocycles. The van der Waals surface area contributed by atoms with Crippen molar-refractivity contribution in [2.75, 3.05) is 18.8 Å². The van der Waals surface area contributed by atoms with Crippen molar-refractivity contribution in [3.63, 3.8) is 0 Å². The highest BCUT2D eigenvalue weighted by Gasteiger charge is 2.12. The molecule has 1 rings (SSSR count). The van der Waals surface area contributed by atoms with Crippen LogP contribution in [0, 0.1) is 5.92 Å². The molecule has 1 aliphatic rings. The van der Waals surface area contributed by atoms with E-state index in [1.165, 1.54) is 0 Å². The Balaban J connectivity index is 0.000000921. The van der Waals surface area contributed by atoms with Crippen molar-refractivity contribution in [3.05, 3.63) is 24.3 Å². The summed E-state index contributed by atoms with van der Waals surface area (Å²) in [4.78, 5) is 0. The summed E-state index contributed by atoms with van der Waals surface area (Å²) in [6.45, 7) is 9.95. The Morgan fingerprint density at radius 2 is 2.07 bits per heavy atom. The van der Waals surface area contributed by atoms with Crippen LogP contribution in [0.5, 0.6) is 0 Å². The fourth-order valence-electron chi connectivity index (χ4n) is 1.31. The van der Waals surface area contributed by atoms with Gasteiger partial charge in [0.15, 0.2) is 0 Å². The van der Waals surface area contributed by atoms with Gasteiger partial charge < -0.3 is 0 Å². The maximum absolute atomic E-state index is 11.7. The van der Waals surface area contributed by atoms with Crippen LogP contribution in [-0.4, -0.2) is 27.4 Å². The molecule has 0 bridgehead atoms. The third kappa shape index (κ3) is 5.90. The van der Waals surface area contributed by atoms with Crippen LogP contribution in [0.2, 0.25) is 0 Å². The summed E-state index contributed by atoms with van der Waals surface area (Å²) in [6.07, 6.45) is 8.14. The average Bonchev–Trinajstić information content (AvgIpc) is 2.34. The van der Waals surface area contributed by atoms with Gasteiger partial charge in [-0.2, -0.15) is 0 Å². The molecule has 1 heterocycles. The van der Waals surface area contributed by atoms with Gasteiger partial charge in [0.25, 0.3) is 0 Å². The fraction of sp³-hybridized carbons (Fsp3) is 0.667. The lowest BCUT2D eigenvalue weighted by molar-refractivity contribution is 0.426. The van der Waals surface area contributed by atoms with Crippen LogP contribution >= 0.6 is 0 Å². The summed E-state index contributed by atoms with van der Waals surface area (Å²) in [6, 6.07) is 0. The predicted octanol–water partition coefficient (Wildman–Crippen LogP) is 2.76. The summed E-state index contributed by atoms with van der Waals surface area (Å²) in [7, 11) is -0.832. The van der Waals surface area contributed by atoms with Crippen molar-refractivity contribution >= 4 is 11.0 Å². The van der Waals surface area contributed by atoms with Gasteiger partial charge in [0, 0.05) is 13.1 Å². The molecule has 0 amide bonds. The minimum absolute atomic E-state index is 0.478. The molecule has 2 nitrogen and oxygen atoms in total. The minimum Gasteiger partial charge on any atom is -0.242 e. The molecule has 0 spiro atoms. The smallest absolute Gasteiger partial charge is 0.0981 e. The quantitative estimate of drug-likeness (QED) is 0.677. The first kappa shape index (κ1) is 14.6. The van der Waals surface area contributed by atoms with Gasteiger partial charge in [-0.15, -0.1) is 0 Å². The molecule has 1 aliphatic heterocycles. The highest BCUT2D eigenvalue weighted by Crippen LogP contribution is 2.07. The summed E-state index contributed by atoms with van der Waals surface area (Å²) < 4.78 is 13.7. The molecular formula is C12H23NOS. The first-order valence-corrected chi connectivity index (χ1v) is 6.98. The largest absolute Gasteiger partial charge is 0.242 e. The number of hydrogen-bond acceptors (Lipinski definition) is 1. The maximum atomic E-state index is 11.7. The molecule has 0 fully saturated rings. The van der Waals surface area contributed by atoms with E-state index in [-0.39, 0.29) is 0 Å². The highest BCUT2D eigenvalue weighted by atomic mass is 32.2. The standard InChI is InChI=1S/C10H17NOS.C2H6/c1-3-11-9-10(2)7-5-4-6-8-13(11)12;1-2/h4-7,10H,3,8-9H2,1-2H3;1-2H3/b6-4-,7-5-;. The normalized spacial score (nSPS) is 31.5. The number of rotatable bonds is 1. The van der Waals surface area contributed by atoms with Gasteiger partial charge in [-0.25, -0.2) is 8.51 Å². The maximum Gasteiger partial charge on any atom is 0.0981 e. The third-order valence-electron chi connectivity index (χ3n) is 2.06. The molecule has 0 N–H and O–H groups in total. The number of hydrogen-bond donors (Lipinski definition) is 0. The van der Waals surface area contributed by atoms with Crippen LogP contribution in [0.4, 0.5) is 0 Å². The second kappa shape index (κ2) is 8.86. The Hall–Kier alpha value is -0.410. The van der Waals surface area contributed by atoms with Gasteiger partial charge in [0.05, 0.1) is 16.7 Å². The highest BCUT2D eigenvalue weighted by molar-refractivity contribution is 7.82. The molecule has 0 aromatic rings. The summed E-state index contributed by atoms with van der Waals surface area (Å²) in [5, 5.41) is 0. The van der Waals surface area contributed by atoms with E-state index in [1.54, 1.807) is 0 Å². The minimum atomic E-state index is -0.832. The zero-order valence-corrected chi connectivity index (χ0v) is 11.1. The van der Waals surface area contributed by atoms with Crippen molar-refractivity contribution in [1.82, 2.24) is 4.31 Å². The fourth-order valence-corrected chi connectivity index (χ4v) is 2.49. The summed E-state index contributed by atoms with van der Waals surface area (Å²) >= 11 is 0. The molecule has 0 saturated carbocycles. The van der Waals surface area contributed by atoms with Crippen LogP contribution < -0.4 is 0 Å². The molecule has 2 atom stereocenters. The predicted molar refractivity (Wildman–Crippen MR) is 69.0 cm³/mol. The molecule has 0 saturated heterocycles. The van der Waals surface area contributed by atoms with E-state index >= 15 is 0 Å². The van der Waals surface area contributed by atoms with E-state index in [1.807, 2.05) is 36.4 Å². The summed E-state index contributed by atoms with van der Waals surface area (Å²) in [5.74, 6) is 1.12. The van der Waals surface area contributed by atoms with Gasteiger partial charge >= 0.3 is 0 Å². The van der Waals surface area contributed by atoms with Crippen molar-refractivity contribution in [1.29, 1.82) is 0 Å². The molecule has 0 radical (unpaired) electrons. The molecule has 3 heteroatoms. The van der Waals surface area contributed by atoms with Gasteiger partial charge in [0.1, 0.15) is 0 Å². The molecular weight excluding hydrogens is 206 g/mol. The third-order valence-corrected chi connectivity index (χ3v) is 3.52. The number of allylic oxidation sites excluding steroid dienone is 2. The van der Waals surface area contributed by atoms with E-state index in [0.717, 1.165) is 13.1 Å². The topological polar surface area (TPSA) is 20.3 Å². The van der Waals surface area contributed by atoms with Crippen LogP contribution in [0.25, 0.3) is 0 Å². The Kier molecular flexibility index (Phi) is 8.62. The molecule has 2 unspecified atom stereocenters. The van der Waals surface area contributed by atoms with Crippen molar-refractivity contribution < 1.29 is 4.21 Å². The molecule has 15 heavy (non-hydrogen) atoms. The van der Waals surface area contributed by atoms with Crippen molar-refractivity contribution in [2.45, 2.75) is 27.7 Å². The average molecular weight is 229 g/mol. The van der Waals surface area contributed by atoms with Gasteiger partial charge in [0.2, 0.25) is 0 Å². The van der Waals surface area contributed by atoms with E-state index in [4.69, 9.17) is 0 Å². The van der Waals surface area contributed by atoms with Gasteiger partial charge in [-0.05, 0) is 5.92 Å². The lowest BCUT2D eigenvalue weighted by Gasteiger charge is -2.20. The van der Waals surface area contributed by atoms with Crippen LogP contribution in [0.15, 0.2) is 24.3 Å². The van der Waals surface area contributed by atoms with Crippen LogP contribution in [0.1, 0.15) is 27.7 Å². The van der Waals surface area contributed by atoms with Crippen LogP contribution in [-0.2, 0) is 11.0 Å². The summed E-state index contributed by atoms with van der Waals surface area (Å²) in [5.41, 5.74) is 0. The zero-order chi connectivity index (χ0) is 11.7. The van der Waals surface area contributed by atoms with E-state index < -0.39 is 11.0 Å². The van der Waals surface area contributed by atoms with Crippen LogP contribution in [0.3, 0.4) is 0 Å². The SMILES string of the molecule is CC.CCN1CC(C)/C=C\C=C/CS1=O. The lowest BCUT2D eigenvalue weighted by atomic mass is 10.1. The first-order valence-electron chi connectivity index (χ1n) is 5.70. The van der Waals surface area contributed by atoms with Crippen molar-refractivity contribution in [2.24, 2.45) is 5.92 Å². The molecule has 0 aliphatic carbocycles. The monoisotopic (exact) mass is 229 g/mol. The first-order chi connectivity index (χ1) is 7.24. The van der Waals surface area contributed by atoms with Crippen molar-refractivity contribution in [3.8, 4) is 0 Å². The zero-order valence-electron chi connectivity index (χ0n) is 10.3. The second-order valence-corrected chi connectivity index (χ2v) is 4.75. The lowest BCUT2D eigenvalue weighted by Crippen LogP contribution is -2.30.